The Morgan fingerprint density at radius 2 is 1.87 bits per heavy atom. The third-order valence-electron chi connectivity index (χ3n) is 7.07. The van der Waals surface area contributed by atoms with E-state index >= 15 is 0 Å². The van der Waals surface area contributed by atoms with Crippen molar-refractivity contribution in [1.82, 2.24) is 30.0 Å². The molecule has 0 bridgehead atoms. The molecule has 2 saturated heterocycles. The largest absolute Gasteiger partial charge is 0.478 e. The average Bonchev–Trinajstić information content (AvgIpc) is 3.64. The molecule has 5 rings (SSSR count). The van der Waals surface area contributed by atoms with Gasteiger partial charge in [0, 0.05) is 48.8 Å². The first-order valence-electron chi connectivity index (χ1n) is 12.6. The van der Waals surface area contributed by atoms with E-state index in [4.69, 9.17) is 21.4 Å². The molecule has 11 nitrogen and oxygen atoms in total. The number of carboxylic acid groups (broad SMARTS) is 1. The van der Waals surface area contributed by atoms with Crippen molar-refractivity contribution in [3.8, 4) is 5.69 Å². The zero-order valence-corrected chi connectivity index (χ0v) is 21.8. The molecule has 39 heavy (non-hydrogen) atoms. The highest BCUT2D eigenvalue weighted by atomic mass is 35.5. The van der Waals surface area contributed by atoms with Gasteiger partial charge in [0.1, 0.15) is 6.33 Å². The number of aromatic carboxylic acids is 1. The predicted octanol–water partition coefficient (Wildman–Crippen LogP) is 2.14. The molecular formula is C27H27ClN6O5. The van der Waals surface area contributed by atoms with Gasteiger partial charge in [-0.1, -0.05) is 23.7 Å². The van der Waals surface area contributed by atoms with Gasteiger partial charge in [0.15, 0.2) is 5.78 Å². The normalized spacial score (nSPS) is 20.0. The standard InChI is InChI=1S/C27H27ClN6O5/c28-21-6-7-23(34-17-29-30-31-34)20(14-21)5-8-26(36)33-16-22(32-9-11-39-12-10-32)15-24(33)25(35)13-18-1-3-19(4-2-18)27(37)38/h1-8,14,17,22,24H,9-13,15-16H2,(H,37,38)/b8-5+/t22-,24-/m0/s1. The van der Waals surface area contributed by atoms with Crippen LogP contribution in [0.25, 0.3) is 11.8 Å². The van der Waals surface area contributed by atoms with Crippen LogP contribution in [-0.2, 0) is 20.7 Å². The number of amides is 1. The summed E-state index contributed by atoms with van der Waals surface area (Å²) >= 11 is 6.21. The molecule has 2 aliphatic heterocycles. The number of Topliss-reactive ketones (excluding diaryl/α,β-unsaturated/α-hetero) is 1. The zero-order chi connectivity index (χ0) is 27.4. The summed E-state index contributed by atoms with van der Waals surface area (Å²) in [5, 5.41) is 20.9. The fourth-order valence-electron chi connectivity index (χ4n) is 5.05. The molecule has 1 amide bonds. The number of benzene rings is 2. The predicted molar refractivity (Wildman–Crippen MR) is 142 cm³/mol. The number of tetrazole rings is 1. The number of hydrogen-bond acceptors (Lipinski definition) is 8. The second-order valence-corrected chi connectivity index (χ2v) is 9.92. The lowest BCUT2D eigenvalue weighted by molar-refractivity contribution is -0.133. The third-order valence-corrected chi connectivity index (χ3v) is 7.30. The van der Waals surface area contributed by atoms with Gasteiger partial charge in [0.05, 0.1) is 30.5 Å². The van der Waals surface area contributed by atoms with E-state index in [2.05, 4.69) is 20.4 Å². The van der Waals surface area contributed by atoms with E-state index in [9.17, 15) is 14.4 Å². The van der Waals surface area contributed by atoms with Gasteiger partial charge < -0.3 is 14.7 Å². The van der Waals surface area contributed by atoms with Crippen molar-refractivity contribution in [2.24, 2.45) is 0 Å². The van der Waals surface area contributed by atoms with Gasteiger partial charge in [0.2, 0.25) is 5.91 Å². The fraction of sp³-hybridized carbons (Fsp3) is 0.333. The third kappa shape index (κ3) is 6.22. The van der Waals surface area contributed by atoms with E-state index < -0.39 is 12.0 Å². The number of morpholine rings is 1. The number of carboxylic acids is 1. The number of rotatable bonds is 8. The van der Waals surface area contributed by atoms with E-state index in [-0.39, 0.29) is 29.7 Å². The van der Waals surface area contributed by atoms with Crippen molar-refractivity contribution in [2.45, 2.75) is 24.9 Å². The molecule has 12 heteroatoms. The van der Waals surface area contributed by atoms with Crippen molar-refractivity contribution >= 4 is 35.3 Å². The van der Waals surface area contributed by atoms with Crippen LogP contribution in [0.2, 0.25) is 5.02 Å². The Labute approximate surface area is 229 Å². The summed E-state index contributed by atoms with van der Waals surface area (Å²) in [7, 11) is 0. The average molecular weight is 551 g/mol. The molecular weight excluding hydrogens is 524 g/mol. The van der Waals surface area contributed by atoms with Gasteiger partial charge >= 0.3 is 5.97 Å². The van der Waals surface area contributed by atoms with Crippen LogP contribution in [0.3, 0.4) is 0 Å². The number of halogens is 1. The lowest BCUT2D eigenvalue weighted by Crippen LogP contribution is -2.45. The molecule has 2 fully saturated rings. The Balaban J connectivity index is 1.37. The number of likely N-dealkylation sites (tertiary alicyclic amines) is 1. The van der Waals surface area contributed by atoms with Gasteiger partial charge in [0.25, 0.3) is 0 Å². The maximum Gasteiger partial charge on any atom is 0.335 e. The van der Waals surface area contributed by atoms with Crippen molar-refractivity contribution in [3.05, 3.63) is 76.6 Å². The molecule has 1 N–H and O–H groups in total. The Hall–Kier alpha value is -3.93. The molecule has 1 aromatic heterocycles. The smallest absolute Gasteiger partial charge is 0.335 e. The number of hydrogen-bond donors (Lipinski definition) is 1. The van der Waals surface area contributed by atoms with Gasteiger partial charge in [-0.2, -0.15) is 4.68 Å². The first-order valence-corrected chi connectivity index (χ1v) is 12.9. The second kappa shape index (κ2) is 11.9. The van der Waals surface area contributed by atoms with Crippen molar-refractivity contribution < 1.29 is 24.2 Å². The SMILES string of the molecule is O=C(O)c1ccc(CC(=O)[C@@H]2C[C@H](N3CCOCC3)CN2C(=O)/C=C/c2cc(Cl)ccc2-n2cnnn2)cc1. The van der Waals surface area contributed by atoms with E-state index in [0.717, 1.165) is 13.1 Å². The highest BCUT2D eigenvalue weighted by Crippen LogP contribution is 2.26. The minimum absolute atomic E-state index is 0.0394. The van der Waals surface area contributed by atoms with Crippen molar-refractivity contribution in [2.75, 3.05) is 32.8 Å². The lowest BCUT2D eigenvalue weighted by Gasteiger charge is -2.31. The number of nitrogens with zero attached hydrogens (tertiary/aromatic N) is 6. The molecule has 2 aliphatic rings. The summed E-state index contributed by atoms with van der Waals surface area (Å²) < 4.78 is 6.96. The van der Waals surface area contributed by atoms with Crippen LogP contribution in [0.1, 0.15) is 27.9 Å². The number of aromatic nitrogens is 4. The van der Waals surface area contributed by atoms with Gasteiger partial charge in [-0.3, -0.25) is 14.5 Å². The number of ether oxygens (including phenoxy) is 1. The number of carbonyl (C=O) groups excluding carboxylic acids is 2. The van der Waals surface area contributed by atoms with Crippen molar-refractivity contribution in [1.29, 1.82) is 0 Å². The summed E-state index contributed by atoms with van der Waals surface area (Å²) in [6.45, 7) is 3.16. The Bertz CT molecular complexity index is 1370. The summed E-state index contributed by atoms with van der Waals surface area (Å²) in [5.41, 5.74) is 2.16. The molecule has 3 aromatic rings. The van der Waals surface area contributed by atoms with Crippen LogP contribution in [-0.4, -0.2) is 97.7 Å². The molecule has 2 aromatic carbocycles. The second-order valence-electron chi connectivity index (χ2n) is 9.48. The Morgan fingerprint density at radius 1 is 1.10 bits per heavy atom. The molecule has 0 saturated carbocycles. The first kappa shape index (κ1) is 26.7. The van der Waals surface area contributed by atoms with E-state index in [1.165, 1.54) is 29.2 Å². The van der Waals surface area contributed by atoms with Crippen LogP contribution in [0.5, 0.6) is 0 Å². The highest BCUT2D eigenvalue weighted by Gasteiger charge is 2.41. The Kier molecular flexibility index (Phi) is 8.10. The van der Waals surface area contributed by atoms with Crippen LogP contribution in [0.15, 0.2) is 54.9 Å². The van der Waals surface area contributed by atoms with Gasteiger partial charge in [-0.25, -0.2) is 4.79 Å². The van der Waals surface area contributed by atoms with Crippen LogP contribution < -0.4 is 0 Å². The first-order chi connectivity index (χ1) is 18.9. The Morgan fingerprint density at radius 3 is 2.56 bits per heavy atom. The number of carbonyl (C=O) groups is 3. The summed E-state index contributed by atoms with van der Waals surface area (Å²) in [5.74, 6) is -1.40. The summed E-state index contributed by atoms with van der Waals surface area (Å²) in [6.07, 6.45) is 5.18. The fourth-order valence-corrected chi connectivity index (χ4v) is 5.23. The molecule has 0 radical (unpaired) electrons. The molecule has 2 atom stereocenters. The monoisotopic (exact) mass is 550 g/mol. The van der Waals surface area contributed by atoms with Crippen molar-refractivity contribution in [3.63, 3.8) is 0 Å². The topological polar surface area (TPSA) is 131 Å². The van der Waals surface area contributed by atoms with E-state index in [1.807, 2.05) is 0 Å². The molecule has 202 valence electrons. The zero-order valence-electron chi connectivity index (χ0n) is 21.0. The van der Waals surface area contributed by atoms with E-state index in [1.54, 1.807) is 41.3 Å². The van der Waals surface area contributed by atoms with Crippen LogP contribution in [0.4, 0.5) is 0 Å². The van der Waals surface area contributed by atoms with E-state index in [0.29, 0.717) is 48.0 Å². The van der Waals surface area contributed by atoms with Crippen LogP contribution in [0, 0.1) is 0 Å². The minimum Gasteiger partial charge on any atom is -0.478 e. The molecule has 3 heterocycles. The highest BCUT2D eigenvalue weighted by molar-refractivity contribution is 6.30. The quantitative estimate of drug-likeness (QED) is 0.419. The van der Waals surface area contributed by atoms with Gasteiger partial charge in [-0.05, 0) is 58.8 Å². The maximum absolute atomic E-state index is 13.5. The minimum atomic E-state index is -1.02. The number of ketones is 1. The summed E-state index contributed by atoms with van der Waals surface area (Å²) in [4.78, 5) is 42.1. The lowest BCUT2D eigenvalue weighted by atomic mass is 9.99. The van der Waals surface area contributed by atoms with Gasteiger partial charge in [-0.15, -0.1) is 5.10 Å². The molecule has 0 unspecified atom stereocenters. The summed E-state index contributed by atoms with van der Waals surface area (Å²) in [6, 6.07) is 10.9. The molecule has 0 aliphatic carbocycles. The van der Waals surface area contributed by atoms with Crippen LogP contribution >= 0.6 is 11.6 Å². The maximum atomic E-state index is 13.5. The molecule has 0 spiro atoms.